The minimum Gasteiger partial charge on any atom is -0.444 e. The van der Waals surface area contributed by atoms with E-state index < -0.39 is 5.60 Å². The van der Waals surface area contributed by atoms with Gasteiger partial charge >= 0.3 is 6.09 Å². The number of fused-ring (bicyclic) bond motifs is 1. The second-order valence-electron chi connectivity index (χ2n) is 9.90. The number of amides is 1. The van der Waals surface area contributed by atoms with Crippen LogP contribution in [0.2, 0.25) is 0 Å². The summed E-state index contributed by atoms with van der Waals surface area (Å²) in [6.45, 7) is 14.0. The van der Waals surface area contributed by atoms with E-state index in [1.807, 2.05) is 20.8 Å². The van der Waals surface area contributed by atoms with Crippen molar-refractivity contribution in [3.8, 4) is 0 Å². The first kappa shape index (κ1) is 22.6. The molecule has 174 valence electrons. The van der Waals surface area contributed by atoms with Gasteiger partial charge < -0.3 is 19.9 Å². The van der Waals surface area contributed by atoms with Crippen LogP contribution in [0, 0.1) is 0 Å². The van der Waals surface area contributed by atoms with Gasteiger partial charge in [-0.3, -0.25) is 4.90 Å². The van der Waals surface area contributed by atoms with Gasteiger partial charge in [-0.05, 0) is 52.7 Å². The lowest BCUT2D eigenvalue weighted by Crippen LogP contribution is -2.51. The van der Waals surface area contributed by atoms with Gasteiger partial charge in [0.05, 0.1) is 11.2 Å². The second kappa shape index (κ2) is 9.48. The third-order valence-corrected chi connectivity index (χ3v) is 6.03. The molecule has 4 rings (SSSR count). The third-order valence-electron chi connectivity index (χ3n) is 6.03. The molecule has 1 amide bonds. The molecule has 1 unspecified atom stereocenters. The van der Waals surface area contributed by atoms with E-state index in [0.717, 1.165) is 49.4 Å². The molecular formula is C24H36N6O2. The van der Waals surface area contributed by atoms with Gasteiger partial charge in [0.1, 0.15) is 17.7 Å². The van der Waals surface area contributed by atoms with Crippen molar-refractivity contribution in [2.75, 3.05) is 56.0 Å². The van der Waals surface area contributed by atoms with Crippen molar-refractivity contribution >= 4 is 28.5 Å². The van der Waals surface area contributed by atoms with Gasteiger partial charge in [-0.25, -0.2) is 14.8 Å². The molecule has 2 saturated heterocycles. The molecule has 1 aromatic heterocycles. The minimum absolute atomic E-state index is 0.218. The predicted octanol–water partition coefficient (Wildman–Crippen LogP) is 3.58. The van der Waals surface area contributed by atoms with Crippen LogP contribution in [0.4, 0.5) is 16.3 Å². The van der Waals surface area contributed by atoms with Gasteiger partial charge in [0.15, 0.2) is 0 Å². The lowest BCUT2D eigenvalue weighted by Gasteiger charge is -2.36. The van der Waals surface area contributed by atoms with E-state index >= 15 is 0 Å². The average Bonchev–Trinajstić information content (AvgIpc) is 3.27. The first-order valence-corrected chi connectivity index (χ1v) is 11.8. The highest BCUT2D eigenvalue weighted by molar-refractivity contribution is 5.97. The standard InChI is InChI=1S/C24H36N6O2/c1-18(16-28-12-14-30(15-13-28)23(31)32-24(2,3)4)27-22-19-8-7-9-20(21(19)25-17-26-22)29-10-5-6-11-29/h7-9,17-18H,5-6,10-16H2,1-4H3,(H,25,26,27). The number of carbonyl (C=O) groups excluding carboxylic acids is 1. The summed E-state index contributed by atoms with van der Waals surface area (Å²) >= 11 is 0. The molecule has 32 heavy (non-hydrogen) atoms. The smallest absolute Gasteiger partial charge is 0.410 e. The number of nitrogens with one attached hydrogen (secondary N) is 1. The molecule has 2 fully saturated rings. The van der Waals surface area contributed by atoms with Crippen LogP contribution in [0.25, 0.3) is 10.9 Å². The van der Waals surface area contributed by atoms with Crippen molar-refractivity contribution in [1.82, 2.24) is 19.8 Å². The Bertz CT molecular complexity index is 930. The lowest BCUT2D eigenvalue weighted by atomic mass is 10.1. The molecule has 1 N–H and O–H groups in total. The molecule has 2 aliphatic rings. The third kappa shape index (κ3) is 5.41. The summed E-state index contributed by atoms with van der Waals surface area (Å²) in [6, 6.07) is 6.59. The molecule has 1 atom stereocenters. The Balaban J connectivity index is 1.35. The maximum atomic E-state index is 12.3. The summed E-state index contributed by atoms with van der Waals surface area (Å²) in [7, 11) is 0. The fourth-order valence-corrected chi connectivity index (χ4v) is 4.51. The number of hydrogen-bond donors (Lipinski definition) is 1. The summed E-state index contributed by atoms with van der Waals surface area (Å²) < 4.78 is 5.50. The van der Waals surface area contributed by atoms with Gasteiger partial charge in [0, 0.05) is 57.2 Å². The normalized spacial score (nSPS) is 18.8. The number of carbonyl (C=O) groups is 1. The van der Waals surface area contributed by atoms with Crippen molar-refractivity contribution < 1.29 is 9.53 Å². The Labute approximate surface area is 190 Å². The maximum absolute atomic E-state index is 12.3. The number of para-hydroxylation sites is 1. The minimum atomic E-state index is -0.457. The molecule has 1 aromatic carbocycles. The monoisotopic (exact) mass is 440 g/mol. The van der Waals surface area contributed by atoms with Crippen LogP contribution in [0.5, 0.6) is 0 Å². The molecule has 0 spiro atoms. The molecule has 0 aliphatic carbocycles. The Hall–Kier alpha value is -2.61. The topological polar surface area (TPSA) is 73.8 Å². The van der Waals surface area contributed by atoms with Gasteiger partial charge in [-0.1, -0.05) is 6.07 Å². The Kier molecular flexibility index (Phi) is 6.69. The predicted molar refractivity (Wildman–Crippen MR) is 128 cm³/mol. The maximum Gasteiger partial charge on any atom is 0.410 e. The van der Waals surface area contributed by atoms with E-state index in [9.17, 15) is 4.79 Å². The molecule has 0 radical (unpaired) electrons. The quantitative estimate of drug-likeness (QED) is 0.762. The number of benzene rings is 1. The molecule has 8 nitrogen and oxygen atoms in total. The van der Waals surface area contributed by atoms with Crippen LogP contribution >= 0.6 is 0 Å². The Morgan fingerprint density at radius 2 is 1.81 bits per heavy atom. The first-order valence-electron chi connectivity index (χ1n) is 11.8. The van der Waals surface area contributed by atoms with Gasteiger partial charge in [0.25, 0.3) is 0 Å². The summed E-state index contributed by atoms with van der Waals surface area (Å²) in [6.07, 6.45) is 3.93. The summed E-state index contributed by atoms with van der Waals surface area (Å²) in [5.41, 5.74) is 1.77. The van der Waals surface area contributed by atoms with Crippen LogP contribution in [0.3, 0.4) is 0 Å². The van der Waals surface area contributed by atoms with Crippen LogP contribution in [-0.4, -0.2) is 83.3 Å². The summed E-state index contributed by atoms with van der Waals surface area (Å²) in [5.74, 6) is 0.885. The largest absolute Gasteiger partial charge is 0.444 e. The highest BCUT2D eigenvalue weighted by Crippen LogP contribution is 2.30. The van der Waals surface area contributed by atoms with Crippen molar-refractivity contribution in [2.45, 2.75) is 52.2 Å². The van der Waals surface area contributed by atoms with E-state index in [-0.39, 0.29) is 12.1 Å². The number of ether oxygens (including phenoxy) is 1. The molecule has 0 saturated carbocycles. The fourth-order valence-electron chi connectivity index (χ4n) is 4.51. The van der Waals surface area contributed by atoms with E-state index in [0.29, 0.717) is 13.1 Å². The number of anilines is 2. The fraction of sp³-hybridized carbons (Fsp3) is 0.625. The van der Waals surface area contributed by atoms with Crippen molar-refractivity contribution in [3.63, 3.8) is 0 Å². The Morgan fingerprint density at radius 1 is 1.09 bits per heavy atom. The molecule has 2 aromatic rings. The zero-order chi connectivity index (χ0) is 22.7. The van der Waals surface area contributed by atoms with Gasteiger partial charge in [-0.2, -0.15) is 0 Å². The van der Waals surface area contributed by atoms with Crippen molar-refractivity contribution in [2.24, 2.45) is 0 Å². The van der Waals surface area contributed by atoms with Crippen LogP contribution in [0.15, 0.2) is 24.5 Å². The zero-order valence-electron chi connectivity index (χ0n) is 19.8. The van der Waals surface area contributed by atoms with E-state index in [2.05, 4.69) is 50.2 Å². The van der Waals surface area contributed by atoms with E-state index in [4.69, 9.17) is 4.74 Å². The van der Waals surface area contributed by atoms with Crippen molar-refractivity contribution in [1.29, 1.82) is 0 Å². The van der Waals surface area contributed by atoms with E-state index in [1.165, 1.54) is 18.5 Å². The zero-order valence-corrected chi connectivity index (χ0v) is 19.8. The first-order chi connectivity index (χ1) is 15.3. The Morgan fingerprint density at radius 3 is 2.50 bits per heavy atom. The number of rotatable bonds is 5. The highest BCUT2D eigenvalue weighted by Gasteiger charge is 2.26. The molecular weight excluding hydrogens is 404 g/mol. The molecule has 0 bridgehead atoms. The number of aromatic nitrogens is 2. The molecule has 8 heteroatoms. The van der Waals surface area contributed by atoms with Crippen LogP contribution in [0.1, 0.15) is 40.5 Å². The molecule has 3 heterocycles. The second-order valence-corrected chi connectivity index (χ2v) is 9.90. The number of nitrogens with zero attached hydrogens (tertiary/aromatic N) is 5. The van der Waals surface area contributed by atoms with Gasteiger partial charge in [-0.15, -0.1) is 0 Å². The number of hydrogen-bond acceptors (Lipinski definition) is 7. The SMILES string of the molecule is CC(CN1CCN(C(=O)OC(C)(C)C)CC1)Nc1ncnc2c(N3CCCC3)cccc12. The summed E-state index contributed by atoms with van der Waals surface area (Å²) in [4.78, 5) is 28.1. The lowest BCUT2D eigenvalue weighted by molar-refractivity contribution is 0.0144. The summed E-state index contributed by atoms with van der Waals surface area (Å²) in [5, 5.41) is 4.67. The molecule has 2 aliphatic heterocycles. The van der Waals surface area contributed by atoms with Crippen LogP contribution in [-0.2, 0) is 4.74 Å². The van der Waals surface area contributed by atoms with Crippen LogP contribution < -0.4 is 10.2 Å². The van der Waals surface area contributed by atoms with Crippen molar-refractivity contribution in [3.05, 3.63) is 24.5 Å². The number of piperazine rings is 1. The van der Waals surface area contributed by atoms with E-state index in [1.54, 1.807) is 11.2 Å². The average molecular weight is 441 g/mol. The highest BCUT2D eigenvalue weighted by atomic mass is 16.6. The van der Waals surface area contributed by atoms with Gasteiger partial charge in [0.2, 0.25) is 0 Å².